The maximum absolute atomic E-state index is 12.7. The smallest absolute Gasteiger partial charge is 0.225 e. The highest BCUT2D eigenvalue weighted by atomic mass is 79.9. The van der Waals surface area contributed by atoms with Crippen LogP contribution in [0, 0.1) is 11.3 Å². The third kappa shape index (κ3) is 6.27. The van der Waals surface area contributed by atoms with Crippen LogP contribution in [0.15, 0.2) is 46.9 Å². The molecule has 0 atom stereocenters. The maximum atomic E-state index is 12.7. The molecule has 0 spiro atoms. The standard InChI is InChI=1S/C28H31BrN4O2S/c29-25-14-19(4-5-26(25)35-23-6-10-31-11-7-23)18-33-12-8-22(9-13-33)32-27(34)16-24-15-20-2-1-3-21(17-30)28(20)36-24/h1-5,14-15,22-23,31H,6-13,16,18H2,(H,32,34). The zero-order chi connectivity index (χ0) is 24.9. The van der Waals surface area contributed by atoms with Crippen molar-refractivity contribution >= 4 is 43.3 Å². The fourth-order valence-electron chi connectivity index (χ4n) is 5.05. The Morgan fingerprint density at radius 3 is 2.72 bits per heavy atom. The number of piperidine rings is 2. The molecule has 3 aromatic rings. The van der Waals surface area contributed by atoms with Crippen LogP contribution in [0.3, 0.4) is 0 Å². The average Bonchev–Trinajstić information content (AvgIpc) is 3.30. The number of hydrogen-bond acceptors (Lipinski definition) is 6. The van der Waals surface area contributed by atoms with Gasteiger partial charge in [0.2, 0.25) is 5.91 Å². The van der Waals surface area contributed by atoms with Gasteiger partial charge in [0.05, 0.1) is 21.2 Å². The van der Waals surface area contributed by atoms with E-state index in [1.807, 2.05) is 24.3 Å². The third-order valence-corrected chi connectivity index (χ3v) is 8.79. The Labute approximate surface area is 224 Å². The number of carbonyl (C=O) groups is 1. The number of thiophene rings is 1. The number of nitrogens with zero attached hydrogens (tertiary/aromatic N) is 2. The average molecular weight is 568 g/mol. The summed E-state index contributed by atoms with van der Waals surface area (Å²) in [5.74, 6) is 0.987. The molecular formula is C28H31BrN4O2S. The second-order valence-corrected chi connectivity index (χ2v) is 11.7. The molecule has 3 heterocycles. The fraction of sp³-hybridized carbons (Fsp3) is 0.429. The zero-order valence-electron chi connectivity index (χ0n) is 20.3. The van der Waals surface area contributed by atoms with Crippen molar-refractivity contribution in [1.82, 2.24) is 15.5 Å². The number of nitriles is 1. The molecule has 2 N–H and O–H groups in total. The Morgan fingerprint density at radius 2 is 1.97 bits per heavy atom. The molecule has 2 aromatic carbocycles. The van der Waals surface area contributed by atoms with E-state index in [0.29, 0.717) is 12.0 Å². The summed E-state index contributed by atoms with van der Waals surface area (Å²) in [4.78, 5) is 16.1. The number of carbonyl (C=O) groups excluding carboxylic acids is 1. The van der Waals surface area contributed by atoms with E-state index in [1.54, 1.807) is 11.3 Å². The summed E-state index contributed by atoms with van der Waals surface area (Å²) >= 11 is 5.24. The van der Waals surface area contributed by atoms with E-state index >= 15 is 0 Å². The van der Waals surface area contributed by atoms with Crippen LogP contribution in [-0.2, 0) is 17.8 Å². The van der Waals surface area contributed by atoms with Gasteiger partial charge in [-0.1, -0.05) is 18.2 Å². The largest absolute Gasteiger partial charge is 0.489 e. The summed E-state index contributed by atoms with van der Waals surface area (Å²) in [6.07, 6.45) is 4.66. The highest BCUT2D eigenvalue weighted by molar-refractivity contribution is 9.10. The van der Waals surface area contributed by atoms with Crippen LogP contribution in [0.4, 0.5) is 0 Å². The molecule has 188 valence electrons. The molecular weight excluding hydrogens is 536 g/mol. The van der Waals surface area contributed by atoms with Crippen LogP contribution in [-0.4, -0.2) is 49.1 Å². The summed E-state index contributed by atoms with van der Waals surface area (Å²) in [6.45, 7) is 4.86. The fourth-order valence-corrected chi connectivity index (χ4v) is 6.69. The number of benzene rings is 2. The van der Waals surface area contributed by atoms with Crippen molar-refractivity contribution in [2.45, 2.75) is 50.8 Å². The van der Waals surface area contributed by atoms with E-state index in [-0.39, 0.29) is 18.1 Å². The maximum Gasteiger partial charge on any atom is 0.225 e. The van der Waals surface area contributed by atoms with E-state index < -0.39 is 0 Å². The normalized spacial score (nSPS) is 17.7. The summed E-state index contributed by atoms with van der Waals surface area (Å²) in [7, 11) is 0. The first-order valence-corrected chi connectivity index (χ1v) is 14.3. The van der Waals surface area contributed by atoms with E-state index in [2.05, 4.69) is 55.7 Å². The van der Waals surface area contributed by atoms with Gasteiger partial charge in [-0.15, -0.1) is 11.3 Å². The van der Waals surface area contributed by atoms with E-state index in [9.17, 15) is 10.1 Å². The molecule has 2 saturated heterocycles. The van der Waals surface area contributed by atoms with Crippen molar-refractivity contribution in [3.63, 3.8) is 0 Å². The number of ether oxygens (including phenoxy) is 1. The molecule has 0 aliphatic carbocycles. The van der Waals surface area contributed by atoms with E-state index in [0.717, 1.165) is 83.6 Å². The number of amides is 1. The number of rotatable bonds is 7. The number of fused-ring (bicyclic) bond motifs is 1. The van der Waals surface area contributed by atoms with Crippen LogP contribution in [0.2, 0.25) is 0 Å². The molecule has 0 unspecified atom stereocenters. The monoisotopic (exact) mass is 566 g/mol. The summed E-state index contributed by atoms with van der Waals surface area (Å²) in [5, 5.41) is 16.9. The minimum Gasteiger partial charge on any atom is -0.489 e. The van der Waals surface area contributed by atoms with Crippen molar-refractivity contribution in [2.24, 2.45) is 0 Å². The number of halogens is 1. The Bertz CT molecular complexity index is 1260. The molecule has 2 aliphatic rings. The second-order valence-electron chi connectivity index (χ2n) is 9.68. The Morgan fingerprint density at radius 1 is 1.17 bits per heavy atom. The molecule has 0 radical (unpaired) electrons. The van der Waals surface area contributed by atoms with Gasteiger partial charge in [0, 0.05) is 30.6 Å². The van der Waals surface area contributed by atoms with Gasteiger partial charge in [-0.05, 0) is 89.9 Å². The lowest BCUT2D eigenvalue weighted by atomic mass is 10.0. The van der Waals surface area contributed by atoms with Crippen molar-refractivity contribution in [1.29, 1.82) is 5.26 Å². The molecule has 2 aliphatic heterocycles. The van der Waals surface area contributed by atoms with Crippen LogP contribution < -0.4 is 15.4 Å². The van der Waals surface area contributed by atoms with Crippen molar-refractivity contribution in [3.8, 4) is 11.8 Å². The number of hydrogen-bond donors (Lipinski definition) is 2. The first-order chi connectivity index (χ1) is 17.6. The summed E-state index contributed by atoms with van der Waals surface area (Å²) in [6, 6.07) is 16.6. The SMILES string of the molecule is N#Cc1cccc2cc(CC(=O)NC3CCN(Cc4ccc(OC5CCNCC5)c(Br)c4)CC3)sc12. The Kier molecular flexibility index (Phi) is 8.22. The highest BCUT2D eigenvalue weighted by Gasteiger charge is 2.22. The molecule has 1 amide bonds. The van der Waals surface area contributed by atoms with Crippen LogP contribution in [0.5, 0.6) is 5.75 Å². The van der Waals surface area contributed by atoms with Crippen molar-refractivity contribution in [2.75, 3.05) is 26.2 Å². The molecule has 0 saturated carbocycles. The molecule has 0 bridgehead atoms. The lowest BCUT2D eigenvalue weighted by molar-refractivity contribution is -0.121. The Hall–Kier alpha value is -2.44. The van der Waals surface area contributed by atoms with Gasteiger partial charge in [0.25, 0.3) is 0 Å². The minimum absolute atomic E-state index is 0.0618. The minimum atomic E-state index is 0.0618. The van der Waals surface area contributed by atoms with Crippen molar-refractivity contribution in [3.05, 3.63) is 62.9 Å². The van der Waals surface area contributed by atoms with Gasteiger partial charge >= 0.3 is 0 Å². The highest BCUT2D eigenvalue weighted by Crippen LogP contribution is 2.30. The second kappa shape index (κ2) is 11.7. The van der Waals surface area contributed by atoms with Gasteiger partial charge in [0.1, 0.15) is 17.9 Å². The summed E-state index contributed by atoms with van der Waals surface area (Å²) in [5.41, 5.74) is 1.94. The van der Waals surface area contributed by atoms with Gasteiger partial charge in [-0.25, -0.2) is 0 Å². The van der Waals surface area contributed by atoms with Crippen LogP contribution in [0.1, 0.15) is 41.7 Å². The van der Waals surface area contributed by atoms with Gasteiger partial charge in [-0.3, -0.25) is 9.69 Å². The van der Waals surface area contributed by atoms with Crippen molar-refractivity contribution < 1.29 is 9.53 Å². The zero-order valence-corrected chi connectivity index (χ0v) is 22.7. The van der Waals surface area contributed by atoms with Gasteiger partial charge in [0.15, 0.2) is 0 Å². The lowest BCUT2D eigenvalue weighted by Gasteiger charge is -2.32. The molecule has 5 rings (SSSR count). The quantitative estimate of drug-likeness (QED) is 0.421. The molecule has 36 heavy (non-hydrogen) atoms. The van der Waals surface area contributed by atoms with Crippen LogP contribution >= 0.6 is 27.3 Å². The molecule has 1 aromatic heterocycles. The molecule has 2 fully saturated rings. The third-order valence-electron chi connectivity index (χ3n) is 6.99. The molecule has 6 nitrogen and oxygen atoms in total. The topological polar surface area (TPSA) is 77.4 Å². The van der Waals surface area contributed by atoms with Gasteiger partial charge < -0.3 is 15.4 Å². The first-order valence-electron chi connectivity index (χ1n) is 12.7. The van der Waals surface area contributed by atoms with Crippen LogP contribution in [0.25, 0.3) is 10.1 Å². The number of nitrogens with one attached hydrogen (secondary N) is 2. The predicted molar refractivity (Wildman–Crippen MR) is 147 cm³/mol. The van der Waals surface area contributed by atoms with E-state index in [1.165, 1.54) is 5.56 Å². The van der Waals surface area contributed by atoms with E-state index in [4.69, 9.17) is 4.74 Å². The molecule has 8 heteroatoms. The number of likely N-dealkylation sites (tertiary alicyclic amines) is 1. The lowest BCUT2D eigenvalue weighted by Crippen LogP contribution is -2.44. The summed E-state index contributed by atoms with van der Waals surface area (Å²) < 4.78 is 8.18. The Balaban J connectivity index is 1.08. The van der Waals surface area contributed by atoms with Gasteiger partial charge in [-0.2, -0.15) is 5.26 Å². The predicted octanol–water partition coefficient (Wildman–Crippen LogP) is 4.99. The first kappa shape index (κ1) is 25.2.